The van der Waals surface area contributed by atoms with Crippen LogP contribution in [0.3, 0.4) is 0 Å². The summed E-state index contributed by atoms with van der Waals surface area (Å²) in [6, 6.07) is 11.8. The Hall–Kier alpha value is -2.92. The van der Waals surface area contributed by atoms with Crippen molar-refractivity contribution in [1.82, 2.24) is 4.90 Å². The lowest BCUT2D eigenvalue weighted by atomic mass is 10.1. The summed E-state index contributed by atoms with van der Waals surface area (Å²) in [6.07, 6.45) is 2.48. The molecule has 1 amide bonds. The number of carbonyl (C=O) groups is 1. The van der Waals surface area contributed by atoms with E-state index >= 15 is 0 Å². The fraction of sp³-hybridized carbons (Fsp3) is 0.263. The topological polar surface area (TPSA) is 125 Å². The molecule has 0 unspecified atom stereocenters. The van der Waals surface area contributed by atoms with E-state index in [0.29, 0.717) is 17.9 Å². The van der Waals surface area contributed by atoms with Gasteiger partial charge in [0.25, 0.3) is 15.9 Å². The average Bonchev–Trinajstić information content (AvgIpc) is 3.05. The Labute approximate surface area is 175 Å². The summed E-state index contributed by atoms with van der Waals surface area (Å²) < 4.78 is 54.2. The van der Waals surface area contributed by atoms with E-state index in [-0.39, 0.29) is 16.1 Å². The number of nitrogens with zero attached hydrogens (tertiary/aromatic N) is 2. The van der Waals surface area contributed by atoms with Gasteiger partial charge in [0.15, 0.2) is 0 Å². The first-order valence-electron chi connectivity index (χ1n) is 9.08. The molecule has 0 radical (unpaired) electrons. The molecule has 0 aliphatic carbocycles. The number of sulfonamides is 2. The third-order valence-corrected chi connectivity index (χ3v) is 6.35. The summed E-state index contributed by atoms with van der Waals surface area (Å²) in [5, 5.41) is 2.63. The molecule has 2 aromatic rings. The molecule has 1 fully saturated rings. The largest absolute Gasteiger partial charge is 0.362 e. The number of anilines is 2. The van der Waals surface area contributed by atoms with Crippen molar-refractivity contribution < 1.29 is 21.6 Å². The fourth-order valence-electron chi connectivity index (χ4n) is 2.98. The quantitative estimate of drug-likeness (QED) is 0.695. The first-order chi connectivity index (χ1) is 14.0. The zero-order valence-corrected chi connectivity index (χ0v) is 18.1. The van der Waals surface area contributed by atoms with Gasteiger partial charge in [-0.3, -0.25) is 9.52 Å². The highest BCUT2D eigenvalue weighted by molar-refractivity contribution is 7.92. The molecule has 9 nitrogen and oxygen atoms in total. The Morgan fingerprint density at radius 1 is 1.03 bits per heavy atom. The zero-order valence-electron chi connectivity index (χ0n) is 16.5. The van der Waals surface area contributed by atoms with E-state index in [1.807, 2.05) is 4.90 Å². The monoisotopic (exact) mass is 450 g/mol. The Morgan fingerprint density at radius 3 is 2.30 bits per heavy atom. The molecule has 2 aromatic carbocycles. The van der Waals surface area contributed by atoms with Gasteiger partial charge in [-0.25, -0.2) is 8.42 Å². The number of amidine groups is 1. The number of nitrogens with one attached hydrogen (secondary N) is 2. The van der Waals surface area contributed by atoms with E-state index in [9.17, 15) is 21.6 Å². The zero-order chi connectivity index (χ0) is 21.9. The number of carbonyl (C=O) groups excluding carboxylic acids is 1. The van der Waals surface area contributed by atoms with Crippen LogP contribution in [0.25, 0.3) is 0 Å². The van der Waals surface area contributed by atoms with Crippen molar-refractivity contribution in [3.8, 4) is 0 Å². The molecule has 1 saturated heterocycles. The lowest BCUT2D eigenvalue weighted by Crippen LogP contribution is -2.20. The summed E-state index contributed by atoms with van der Waals surface area (Å²) in [5.74, 6) is -0.00690. The van der Waals surface area contributed by atoms with Crippen molar-refractivity contribution in [3.05, 3.63) is 54.1 Å². The van der Waals surface area contributed by atoms with Gasteiger partial charge in [-0.1, -0.05) is 12.1 Å². The molecule has 0 spiro atoms. The normalized spacial score (nSPS) is 15.9. The van der Waals surface area contributed by atoms with E-state index in [1.165, 1.54) is 36.4 Å². The molecular formula is C19H22N4O5S2. The minimum Gasteiger partial charge on any atom is -0.362 e. The SMILES string of the molecule is CN1CCC/C1=N\S(=O)(=O)c1ccc(NC(=O)c2ccccc2NS(C)(=O)=O)cc1. The predicted octanol–water partition coefficient (Wildman–Crippen LogP) is 2.12. The molecule has 160 valence electrons. The second kappa shape index (κ2) is 8.44. The van der Waals surface area contributed by atoms with Gasteiger partial charge in [0.2, 0.25) is 10.0 Å². The van der Waals surface area contributed by atoms with Gasteiger partial charge in [-0.05, 0) is 42.8 Å². The number of hydrogen-bond donors (Lipinski definition) is 2. The molecular weight excluding hydrogens is 428 g/mol. The minimum absolute atomic E-state index is 0.0208. The van der Waals surface area contributed by atoms with Crippen LogP contribution in [0.5, 0.6) is 0 Å². The molecule has 30 heavy (non-hydrogen) atoms. The van der Waals surface area contributed by atoms with Crippen molar-refractivity contribution in [3.63, 3.8) is 0 Å². The van der Waals surface area contributed by atoms with Crippen LogP contribution in [0, 0.1) is 0 Å². The van der Waals surface area contributed by atoms with Crippen LogP contribution >= 0.6 is 0 Å². The predicted molar refractivity (Wildman–Crippen MR) is 116 cm³/mol. The Bertz CT molecular complexity index is 1190. The van der Waals surface area contributed by atoms with Crippen LogP contribution < -0.4 is 10.0 Å². The fourth-order valence-corrected chi connectivity index (χ4v) is 4.65. The summed E-state index contributed by atoms with van der Waals surface area (Å²) in [4.78, 5) is 14.4. The van der Waals surface area contributed by atoms with Gasteiger partial charge in [0.1, 0.15) is 5.84 Å². The smallest absolute Gasteiger partial charge is 0.283 e. The minimum atomic E-state index is -3.84. The molecule has 0 atom stereocenters. The van der Waals surface area contributed by atoms with Gasteiger partial charge in [0, 0.05) is 25.7 Å². The maximum Gasteiger partial charge on any atom is 0.283 e. The van der Waals surface area contributed by atoms with Gasteiger partial charge >= 0.3 is 0 Å². The maximum atomic E-state index is 12.6. The first-order valence-corrected chi connectivity index (χ1v) is 12.4. The molecule has 3 rings (SSSR count). The molecule has 11 heteroatoms. The first kappa shape index (κ1) is 21.8. The molecule has 1 aliphatic rings. The number of rotatable bonds is 6. The third-order valence-electron chi connectivity index (χ3n) is 4.44. The van der Waals surface area contributed by atoms with Crippen molar-refractivity contribution in [2.24, 2.45) is 4.40 Å². The molecule has 0 aromatic heterocycles. The molecule has 0 bridgehead atoms. The second-order valence-corrected chi connectivity index (χ2v) is 10.3. The Balaban J connectivity index is 1.78. The lowest BCUT2D eigenvalue weighted by molar-refractivity contribution is 0.102. The van der Waals surface area contributed by atoms with Crippen molar-refractivity contribution >= 4 is 43.2 Å². The van der Waals surface area contributed by atoms with E-state index < -0.39 is 26.0 Å². The number of hydrogen-bond acceptors (Lipinski definition) is 5. The standard InChI is InChI=1S/C19H22N4O5S2/c1-23-13-5-8-18(23)22-30(27,28)15-11-9-14(10-12-15)20-19(24)16-6-3-4-7-17(16)21-29(2,25)26/h3-4,6-7,9-12,21H,5,8,13H2,1-2H3,(H,20,24)/b22-18+. The summed E-state index contributed by atoms with van der Waals surface area (Å²) >= 11 is 0. The van der Waals surface area contributed by atoms with E-state index in [0.717, 1.165) is 19.2 Å². The Morgan fingerprint density at radius 2 is 1.70 bits per heavy atom. The maximum absolute atomic E-state index is 12.6. The summed E-state index contributed by atoms with van der Waals surface area (Å²) in [7, 11) is -5.60. The van der Waals surface area contributed by atoms with Crippen molar-refractivity contribution in [2.45, 2.75) is 17.7 Å². The second-order valence-electron chi connectivity index (χ2n) is 6.91. The van der Waals surface area contributed by atoms with Crippen LogP contribution in [-0.2, 0) is 20.0 Å². The molecule has 2 N–H and O–H groups in total. The lowest BCUT2D eigenvalue weighted by Gasteiger charge is -2.12. The van der Waals surface area contributed by atoms with Gasteiger partial charge in [0.05, 0.1) is 22.4 Å². The van der Waals surface area contributed by atoms with E-state index in [2.05, 4.69) is 14.4 Å². The van der Waals surface area contributed by atoms with Crippen molar-refractivity contribution in [1.29, 1.82) is 0 Å². The van der Waals surface area contributed by atoms with Gasteiger partial charge in [-0.15, -0.1) is 4.40 Å². The summed E-state index contributed by atoms with van der Waals surface area (Å²) in [5.41, 5.74) is 0.641. The highest BCUT2D eigenvalue weighted by Gasteiger charge is 2.20. The van der Waals surface area contributed by atoms with Crippen LogP contribution in [0.15, 0.2) is 57.8 Å². The van der Waals surface area contributed by atoms with Gasteiger partial charge in [-0.2, -0.15) is 8.42 Å². The highest BCUT2D eigenvalue weighted by Crippen LogP contribution is 2.21. The van der Waals surface area contributed by atoms with Crippen LogP contribution in [-0.4, -0.2) is 53.3 Å². The Kier molecular flexibility index (Phi) is 6.13. The third kappa shape index (κ3) is 5.36. The van der Waals surface area contributed by atoms with Crippen LogP contribution in [0.1, 0.15) is 23.2 Å². The van der Waals surface area contributed by atoms with E-state index in [1.54, 1.807) is 19.2 Å². The number of para-hydroxylation sites is 1. The van der Waals surface area contributed by atoms with Crippen molar-refractivity contribution in [2.75, 3.05) is 29.9 Å². The number of likely N-dealkylation sites (tertiary alicyclic amines) is 1. The molecule has 0 saturated carbocycles. The molecule has 1 heterocycles. The van der Waals surface area contributed by atoms with Crippen LogP contribution in [0.4, 0.5) is 11.4 Å². The number of amides is 1. The van der Waals surface area contributed by atoms with Crippen LogP contribution in [0.2, 0.25) is 0 Å². The summed E-state index contributed by atoms with van der Waals surface area (Å²) in [6.45, 7) is 0.773. The van der Waals surface area contributed by atoms with Gasteiger partial charge < -0.3 is 10.2 Å². The molecule has 1 aliphatic heterocycles. The number of benzene rings is 2. The highest BCUT2D eigenvalue weighted by atomic mass is 32.2. The average molecular weight is 451 g/mol. The van der Waals surface area contributed by atoms with E-state index in [4.69, 9.17) is 0 Å².